The number of phenolic OH excluding ortho intramolecular Hbond substituents is 2. The topological polar surface area (TPSA) is 419 Å². The number of carboxylic acids is 8. The number of aromatic carboxylic acids is 8. The lowest BCUT2D eigenvalue weighted by Crippen LogP contribution is -2.07. The van der Waals surface area contributed by atoms with Gasteiger partial charge in [0.1, 0.15) is 34.1 Å². The van der Waals surface area contributed by atoms with Crippen LogP contribution in [0.25, 0.3) is 56.8 Å². The molecule has 0 saturated heterocycles. The lowest BCUT2D eigenvalue weighted by atomic mass is 10.1. The summed E-state index contributed by atoms with van der Waals surface area (Å²) in [6.07, 6.45) is 0. The highest BCUT2D eigenvalue weighted by atomic mass is 35.5. The molecule has 0 aliphatic carbocycles. The highest BCUT2D eigenvalue weighted by molar-refractivity contribution is 6.33. The summed E-state index contributed by atoms with van der Waals surface area (Å²) in [4.78, 5) is 87.1. The first kappa shape index (κ1) is 103. The standard InChI is InChI=1S/C18H15NO3.C13H12ClNO2.3C13H13NO3.3C13H13NO2/c1-12-7-10-16(13-5-3-2-4-6-13)19(12)14-8-9-15(18(21)22)17(20)11-14;1-8-3-4-9(2)15(8)10-5-6-11(13(16)17)12(14)7-10;1-8-3-4-9(2)14(8)11-7-10(13(16)17)5-6-12(11)15;1-8-3-4-9(2)14(8)10-5-6-11(13(16)17)12(15)7-10;1-8-3-4-9(2)14(8)11-6-5-10(13(16)17)7-12(11)15;1-9-3-4-10(2)14(9)12-7-5-11(6-8-12)13(15)16;1-9-6-7-10(2)14(9)12-5-3-4-11(8-12)13(15)16;1-9-7-8-10(2)14(9)12-6-4-3-5-11(12)13(15)16/h2-11,20H,1H3,(H,21,22);3-7H,1-2H3,(H,16,17);3*3-7,15H,1-2H3,(H,16,17);3*3-8H,1-2H3,(H,15,16). The van der Waals surface area contributed by atoms with Gasteiger partial charge in [-0.1, -0.05) is 60.1 Å². The van der Waals surface area contributed by atoms with E-state index in [2.05, 4.69) is 4.57 Å². The van der Waals surface area contributed by atoms with Crippen LogP contribution in [0.4, 0.5) is 0 Å². The number of carbonyl (C=O) groups is 8. The number of aryl methyl sites for hydroxylation is 15. The molecule has 9 aromatic carbocycles. The number of rotatable bonds is 17. The largest absolute Gasteiger partial charge is 0.507 e. The van der Waals surface area contributed by atoms with E-state index >= 15 is 0 Å². The molecule has 28 nitrogen and oxygen atoms in total. The summed E-state index contributed by atoms with van der Waals surface area (Å²) in [5.74, 6) is -8.46. The molecule has 8 aromatic heterocycles. The Morgan fingerprint density at radius 1 is 0.196 bits per heavy atom. The fraction of sp³-hybridized carbons (Fsp3) is 0.138. The summed E-state index contributed by atoms with van der Waals surface area (Å²) in [5.41, 5.74) is 24.8. The summed E-state index contributed by atoms with van der Waals surface area (Å²) in [5, 5.41) is 111. The molecular formula is C109H105ClN8O20. The molecule has 0 unspecified atom stereocenters. The Morgan fingerprint density at radius 2 is 0.500 bits per heavy atom. The zero-order valence-electron chi connectivity index (χ0n) is 78.3. The second kappa shape index (κ2) is 45.3. The molecule has 8 heterocycles. The van der Waals surface area contributed by atoms with Gasteiger partial charge in [-0.3, -0.25) is 0 Å². The first-order chi connectivity index (χ1) is 65.4. The van der Waals surface area contributed by atoms with Gasteiger partial charge in [-0.25, -0.2) is 38.4 Å². The van der Waals surface area contributed by atoms with Crippen LogP contribution >= 0.6 is 11.6 Å². The van der Waals surface area contributed by atoms with E-state index in [0.29, 0.717) is 28.1 Å². The minimum atomic E-state index is -1.14. The number of phenols is 4. The van der Waals surface area contributed by atoms with Crippen molar-refractivity contribution < 1.29 is 99.6 Å². The van der Waals surface area contributed by atoms with Crippen LogP contribution in [0.2, 0.25) is 5.02 Å². The van der Waals surface area contributed by atoms with Gasteiger partial charge in [-0.15, -0.1) is 0 Å². The molecular weight excluding hydrogens is 1780 g/mol. The van der Waals surface area contributed by atoms with Crippen molar-refractivity contribution in [3.8, 4) is 79.8 Å². The molecule has 0 fully saturated rings. The smallest absolute Gasteiger partial charge is 0.339 e. The van der Waals surface area contributed by atoms with Gasteiger partial charge in [0.2, 0.25) is 0 Å². The van der Waals surface area contributed by atoms with Crippen molar-refractivity contribution in [1.29, 1.82) is 0 Å². The van der Waals surface area contributed by atoms with Gasteiger partial charge < -0.3 is 97.8 Å². The van der Waals surface area contributed by atoms with E-state index in [9.17, 15) is 58.8 Å². The van der Waals surface area contributed by atoms with Gasteiger partial charge in [0.05, 0.1) is 61.2 Å². The van der Waals surface area contributed by atoms with E-state index < -0.39 is 47.8 Å². The third-order valence-corrected chi connectivity index (χ3v) is 22.8. The summed E-state index contributed by atoms with van der Waals surface area (Å²) < 4.78 is 15.7. The van der Waals surface area contributed by atoms with Gasteiger partial charge in [-0.05, 0) is 340 Å². The Kier molecular flexibility index (Phi) is 33.6. The molecule has 138 heavy (non-hydrogen) atoms. The maximum absolute atomic E-state index is 11.1. The number of hydrogen-bond donors (Lipinski definition) is 12. The Labute approximate surface area is 800 Å². The molecule has 17 aromatic rings. The summed E-state index contributed by atoms with van der Waals surface area (Å²) in [7, 11) is 0. The Balaban J connectivity index is 0.000000163. The predicted octanol–water partition coefficient (Wildman–Crippen LogP) is 23.2. The van der Waals surface area contributed by atoms with Crippen molar-refractivity contribution >= 4 is 59.4 Å². The first-order valence-corrected chi connectivity index (χ1v) is 43.4. The van der Waals surface area contributed by atoms with Crippen LogP contribution in [-0.4, -0.2) is 146 Å². The fourth-order valence-corrected chi connectivity index (χ4v) is 16.0. The molecule has 0 radical (unpaired) electrons. The molecule has 0 spiro atoms. The average molecular weight is 1880 g/mol. The highest BCUT2D eigenvalue weighted by Crippen LogP contribution is 2.34. The van der Waals surface area contributed by atoms with Crippen LogP contribution in [0.1, 0.15) is 168 Å². The van der Waals surface area contributed by atoms with E-state index in [1.807, 2.05) is 294 Å². The van der Waals surface area contributed by atoms with E-state index in [-0.39, 0.29) is 55.8 Å². The van der Waals surface area contributed by atoms with Crippen LogP contribution in [-0.2, 0) is 0 Å². The summed E-state index contributed by atoms with van der Waals surface area (Å²) in [6, 6.07) is 85.2. The number of benzene rings is 9. The van der Waals surface area contributed by atoms with E-state index in [1.165, 1.54) is 60.7 Å². The maximum atomic E-state index is 11.1. The molecule has 0 atom stereocenters. The summed E-state index contributed by atoms with van der Waals surface area (Å²) >= 11 is 5.95. The number of nitrogens with zero attached hydrogens (tertiary/aromatic N) is 8. The van der Waals surface area contributed by atoms with Crippen molar-refractivity contribution in [3.63, 3.8) is 0 Å². The maximum Gasteiger partial charge on any atom is 0.339 e. The van der Waals surface area contributed by atoms with Crippen molar-refractivity contribution in [1.82, 2.24) is 36.5 Å². The number of hydrogen-bond acceptors (Lipinski definition) is 12. The van der Waals surface area contributed by atoms with E-state index in [1.54, 1.807) is 72.8 Å². The predicted molar refractivity (Wildman–Crippen MR) is 530 cm³/mol. The van der Waals surface area contributed by atoms with Gasteiger partial charge in [0.15, 0.2) is 0 Å². The average Bonchev–Trinajstić information content (AvgIpc) is 1.62. The quantitative estimate of drug-likeness (QED) is 0.0403. The van der Waals surface area contributed by atoms with Crippen LogP contribution < -0.4 is 0 Å². The van der Waals surface area contributed by atoms with Crippen molar-refractivity contribution in [3.05, 3.63) is 426 Å². The third-order valence-electron chi connectivity index (χ3n) is 22.5. The molecule has 0 aliphatic rings. The lowest BCUT2D eigenvalue weighted by molar-refractivity contribution is 0.0682. The van der Waals surface area contributed by atoms with Crippen LogP contribution in [0.5, 0.6) is 23.0 Å². The van der Waals surface area contributed by atoms with Gasteiger partial charge >= 0.3 is 47.8 Å². The first-order valence-electron chi connectivity index (χ1n) is 43.0. The molecule has 17 rings (SSSR count). The molecule has 12 N–H and O–H groups in total. The third kappa shape index (κ3) is 24.5. The number of aromatic hydroxyl groups is 4. The Morgan fingerprint density at radius 3 is 0.891 bits per heavy atom. The second-order valence-electron chi connectivity index (χ2n) is 32.3. The van der Waals surface area contributed by atoms with Crippen LogP contribution in [0.15, 0.2) is 291 Å². The van der Waals surface area contributed by atoms with E-state index in [0.717, 1.165) is 131 Å². The van der Waals surface area contributed by atoms with Crippen molar-refractivity contribution in [2.75, 3.05) is 0 Å². The molecule has 708 valence electrons. The second-order valence-corrected chi connectivity index (χ2v) is 32.7. The number of carboxylic acid groups (broad SMARTS) is 8. The SMILES string of the molecule is Cc1ccc(-c2ccccc2)n1-c1ccc(C(=O)O)c(O)c1.Cc1ccc(C)n1-c1cc(C(=O)O)ccc1O.Cc1ccc(C)n1-c1ccc(C(=O)O)c(Cl)c1.Cc1ccc(C)n1-c1ccc(C(=O)O)c(O)c1.Cc1ccc(C)n1-c1ccc(C(=O)O)cc1.Cc1ccc(C)n1-c1ccc(C(=O)O)cc1O.Cc1ccc(C)n1-c1cccc(C(=O)O)c1.Cc1ccc(C)n1-c1ccccc1C(=O)O. The Bertz CT molecular complexity index is 7130. The minimum absolute atomic E-state index is 0.0349. The zero-order valence-corrected chi connectivity index (χ0v) is 79.1. The van der Waals surface area contributed by atoms with Gasteiger partial charge in [0, 0.05) is 126 Å². The van der Waals surface area contributed by atoms with Crippen LogP contribution in [0.3, 0.4) is 0 Å². The molecule has 0 aliphatic heterocycles. The highest BCUT2D eigenvalue weighted by Gasteiger charge is 2.21. The molecule has 0 bridgehead atoms. The van der Waals surface area contributed by atoms with Crippen LogP contribution in [0, 0.1) is 104 Å². The number of aromatic nitrogens is 8. The van der Waals surface area contributed by atoms with Crippen molar-refractivity contribution in [2.24, 2.45) is 0 Å². The summed E-state index contributed by atoms with van der Waals surface area (Å²) in [6.45, 7) is 29.5. The molecule has 0 saturated carbocycles. The minimum Gasteiger partial charge on any atom is -0.507 e. The van der Waals surface area contributed by atoms with Crippen molar-refractivity contribution in [2.45, 2.75) is 104 Å². The monoisotopic (exact) mass is 1880 g/mol. The lowest BCUT2D eigenvalue weighted by Gasteiger charge is -2.13. The molecule has 0 amide bonds. The number of para-hydroxylation sites is 1. The Hall–Kier alpha value is -17.5. The molecule has 29 heteroatoms. The normalized spacial score (nSPS) is 10.5. The van der Waals surface area contributed by atoms with Gasteiger partial charge in [-0.2, -0.15) is 0 Å². The van der Waals surface area contributed by atoms with Gasteiger partial charge in [0.25, 0.3) is 0 Å². The number of halogens is 1. The zero-order chi connectivity index (χ0) is 101. The van der Waals surface area contributed by atoms with E-state index in [4.69, 9.17) is 52.5 Å². The fourth-order valence-electron chi connectivity index (χ4n) is 15.7.